The van der Waals surface area contributed by atoms with Crippen molar-refractivity contribution in [2.75, 3.05) is 18.5 Å². The second-order valence-corrected chi connectivity index (χ2v) is 5.68. The van der Waals surface area contributed by atoms with Crippen LogP contribution < -0.4 is 15.8 Å². The van der Waals surface area contributed by atoms with Gasteiger partial charge in [-0.05, 0) is 38.0 Å². The number of likely N-dealkylation sites (tertiary alicyclic amines) is 1. The van der Waals surface area contributed by atoms with Gasteiger partial charge >= 0.3 is 0 Å². The zero-order chi connectivity index (χ0) is 15.0. The number of hydrogen-bond donors (Lipinski definition) is 2. The first-order chi connectivity index (χ1) is 10.0. The topological polar surface area (TPSA) is 84.7 Å². The van der Waals surface area contributed by atoms with E-state index in [4.69, 9.17) is 10.5 Å². The predicted molar refractivity (Wildman–Crippen MR) is 78.3 cm³/mol. The average Bonchev–Trinajstić information content (AvgIpc) is 2.46. The Kier molecular flexibility index (Phi) is 3.55. The number of anilines is 1. The first-order valence-electron chi connectivity index (χ1n) is 7.18. The van der Waals surface area contributed by atoms with Crippen molar-refractivity contribution in [2.45, 2.75) is 31.8 Å². The van der Waals surface area contributed by atoms with Gasteiger partial charge < -0.3 is 20.7 Å². The third-order valence-electron chi connectivity index (χ3n) is 4.04. The molecule has 2 unspecified atom stereocenters. The Hall–Kier alpha value is -2.08. The Morgan fingerprint density at radius 1 is 1.48 bits per heavy atom. The van der Waals surface area contributed by atoms with E-state index < -0.39 is 0 Å². The predicted octanol–water partition coefficient (Wildman–Crippen LogP) is 0.969. The number of ether oxygens (including phenoxy) is 1. The summed E-state index contributed by atoms with van der Waals surface area (Å²) in [5, 5.41) is 2.71. The molecule has 1 aromatic rings. The zero-order valence-corrected chi connectivity index (χ0v) is 12.0. The maximum absolute atomic E-state index is 12.6. The molecule has 1 fully saturated rings. The minimum atomic E-state index is -0.180. The molecule has 0 bridgehead atoms. The van der Waals surface area contributed by atoms with Crippen molar-refractivity contribution < 1.29 is 14.3 Å². The quantitative estimate of drug-likeness (QED) is 0.806. The number of nitrogens with zero attached hydrogens (tertiary/aromatic N) is 1. The van der Waals surface area contributed by atoms with E-state index >= 15 is 0 Å². The van der Waals surface area contributed by atoms with Gasteiger partial charge in [-0.2, -0.15) is 0 Å². The SMILES string of the molecule is CC1CC(N)CCN1C(=O)c1ccc2c(c1)OCC(=O)N2. The Balaban J connectivity index is 1.80. The lowest BCUT2D eigenvalue weighted by Gasteiger charge is -2.36. The van der Waals surface area contributed by atoms with Crippen molar-refractivity contribution in [3.63, 3.8) is 0 Å². The molecule has 1 aromatic carbocycles. The summed E-state index contributed by atoms with van der Waals surface area (Å²) >= 11 is 0. The van der Waals surface area contributed by atoms with E-state index in [0.29, 0.717) is 23.5 Å². The van der Waals surface area contributed by atoms with Crippen LogP contribution in [-0.2, 0) is 4.79 Å². The molecule has 21 heavy (non-hydrogen) atoms. The third-order valence-corrected chi connectivity index (χ3v) is 4.04. The molecule has 2 aliphatic rings. The van der Waals surface area contributed by atoms with E-state index in [9.17, 15) is 9.59 Å². The fraction of sp³-hybridized carbons (Fsp3) is 0.467. The monoisotopic (exact) mass is 289 g/mol. The van der Waals surface area contributed by atoms with Crippen LogP contribution in [0.25, 0.3) is 0 Å². The van der Waals surface area contributed by atoms with E-state index in [-0.39, 0.29) is 30.5 Å². The Morgan fingerprint density at radius 2 is 2.29 bits per heavy atom. The Morgan fingerprint density at radius 3 is 3.05 bits per heavy atom. The third kappa shape index (κ3) is 2.71. The Bertz CT molecular complexity index is 588. The lowest BCUT2D eigenvalue weighted by molar-refractivity contribution is -0.118. The maximum atomic E-state index is 12.6. The zero-order valence-electron chi connectivity index (χ0n) is 12.0. The Labute approximate surface area is 123 Å². The van der Waals surface area contributed by atoms with Gasteiger partial charge in [0, 0.05) is 24.2 Å². The number of rotatable bonds is 1. The van der Waals surface area contributed by atoms with Gasteiger partial charge in [0.05, 0.1) is 5.69 Å². The molecule has 2 amide bonds. The molecule has 3 rings (SSSR count). The van der Waals surface area contributed by atoms with Gasteiger partial charge in [-0.3, -0.25) is 9.59 Å². The summed E-state index contributed by atoms with van der Waals surface area (Å²) < 4.78 is 5.35. The first-order valence-corrected chi connectivity index (χ1v) is 7.18. The molecular weight excluding hydrogens is 270 g/mol. The number of fused-ring (bicyclic) bond motifs is 1. The van der Waals surface area contributed by atoms with Crippen LogP contribution in [0.5, 0.6) is 5.75 Å². The number of nitrogens with two attached hydrogens (primary N) is 1. The summed E-state index contributed by atoms with van der Waals surface area (Å²) in [5.41, 5.74) is 7.12. The van der Waals surface area contributed by atoms with E-state index in [1.165, 1.54) is 0 Å². The molecule has 2 aliphatic heterocycles. The number of hydrogen-bond acceptors (Lipinski definition) is 4. The number of carbonyl (C=O) groups is 2. The van der Waals surface area contributed by atoms with Crippen molar-refractivity contribution in [1.82, 2.24) is 4.90 Å². The molecule has 0 spiro atoms. The second-order valence-electron chi connectivity index (χ2n) is 5.68. The maximum Gasteiger partial charge on any atom is 0.262 e. The van der Waals surface area contributed by atoms with Crippen LogP contribution in [0.15, 0.2) is 18.2 Å². The fourth-order valence-electron chi connectivity index (χ4n) is 2.88. The number of amides is 2. The summed E-state index contributed by atoms with van der Waals surface area (Å²) in [4.78, 5) is 25.7. The van der Waals surface area contributed by atoms with Crippen LogP contribution in [0, 0.1) is 0 Å². The van der Waals surface area contributed by atoms with Crippen molar-refractivity contribution in [3.05, 3.63) is 23.8 Å². The van der Waals surface area contributed by atoms with Gasteiger partial charge in [0.25, 0.3) is 11.8 Å². The number of benzene rings is 1. The highest BCUT2D eigenvalue weighted by molar-refractivity contribution is 5.99. The normalized spacial score (nSPS) is 24.9. The molecule has 112 valence electrons. The van der Waals surface area contributed by atoms with Crippen LogP contribution >= 0.6 is 0 Å². The van der Waals surface area contributed by atoms with Crippen molar-refractivity contribution >= 4 is 17.5 Å². The van der Waals surface area contributed by atoms with Crippen molar-refractivity contribution in [3.8, 4) is 5.75 Å². The lowest BCUT2D eigenvalue weighted by Crippen LogP contribution is -2.48. The molecule has 2 atom stereocenters. The molecule has 0 aromatic heterocycles. The summed E-state index contributed by atoms with van der Waals surface area (Å²) in [6.07, 6.45) is 1.65. The van der Waals surface area contributed by atoms with E-state index in [1.54, 1.807) is 18.2 Å². The average molecular weight is 289 g/mol. The highest BCUT2D eigenvalue weighted by Crippen LogP contribution is 2.29. The molecule has 2 heterocycles. The van der Waals surface area contributed by atoms with Crippen LogP contribution in [0.1, 0.15) is 30.1 Å². The molecule has 1 saturated heterocycles. The molecular formula is C15H19N3O3. The molecule has 0 aliphatic carbocycles. The van der Waals surface area contributed by atoms with Gasteiger partial charge in [-0.25, -0.2) is 0 Å². The van der Waals surface area contributed by atoms with Crippen LogP contribution in [0.3, 0.4) is 0 Å². The van der Waals surface area contributed by atoms with Gasteiger partial charge in [-0.1, -0.05) is 0 Å². The largest absolute Gasteiger partial charge is 0.482 e. The van der Waals surface area contributed by atoms with E-state index in [1.807, 2.05) is 11.8 Å². The summed E-state index contributed by atoms with van der Waals surface area (Å²) in [6.45, 7) is 2.68. The van der Waals surface area contributed by atoms with Gasteiger partial charge in [0.1, 0.15) is 5.75 Å². The molecule has 3 N–H and O–H groups in total. The molecule has 0 saturated carbocycles. The molecule has 6 nitrogen and oxygen atoms in total. The highest BCUT2D eigenvalue weighted by Gasteiger charge is 2.28. The summed E-state index contributed by atoms with van der Waals surface area (Å²) in [7, 11) is 0. The minimum absolute atomic E-state index is 0.0143. The van der Waals surface area contributed by atoms with Crippen molar-refractivity contribution in [2.24, 2.45) is 5.73 Å². The van der Waals surface area contributed by atoms with Crippen molar-refractivity contribution in [1.29, 1.82) is 0 Å². The first kappa shape index (κ1) is 13.9. The fourth-order valence-corrected chi connectivity index (χ4v) is 2.88. The lowest BCUT2D eigenvalue weighted by atomic mass is 9.98. The summed E-state index contributed by atoms with van der Waals surface area (Å²) in [6, 6.07) is 5.43. The standard InChI is InChI=1S/C15H19N3O3/c1-9-6-11(16)4-5-18(9)15(20)10-2-3-12-13(7-10)21-8-14(19)17-12/h2-3,7,9,11H,4-6,8,16H2,1H3,(H,17,19). The smallest absolute Gasteiger partial charge is 0.262 e. The number of piperidine rings is 1. The van der Waals surface area contributed by atoms with Crippen LogP contribution in [0.4, 0.5) is 5.69 Å². The van der Waals surface area contributed by atoms with Gasteiger partial charge in [-0.15, -0.1) is 0 Å². The summed E-state index contributed by atoms with van der Waals surface area (Å²) in [5.74, 6) is 0.347. The minimum Gasteiger partial charge on any atom is -0.482 e. The number of nitrogens with one attached hydrogen (secondary N) is 1. The van der Waals surface area contributed by atoms with Gasteiger partial charge in [0.15, 0.2) is 6.61 Å². The van der Waals surface area contributed by atoms with Crippen LogP contribution in [-0.4, -0.2) is 41.9 Å². The van der Waals surface area contributed by atoms with Crippen LogP contribution in [0.2, 0.25) is 0 Å². The van der Waals surface area contributed by atoms with E-state index in [0.717, 1.165) is 12.8 Å². The molecule has 0 radical (unpaired) electrons. The molecule has 6 heteroatoms. The van der Waals surface area contributed by atoms with E-state index in [2.05, 4.69) is 5.32 Å². The second kappa shape index (κ2) is 5.37. The highest BCUT2D eigenvalue weighted by atomic mass is 16.5. The van der Waals surface area contributed by atoms with Gasteiger partial charge in [0.2, 0.25) is 0 Å². The number of carbonyl (C=O) groups excluding carboxylic acids is 2.